The number of carbonyl (C=O) groups is 1. The van der Waals surface area contributed by atoms with Gasteiger partial charge >= 0.3 is 0 Å². The van der Waals surface area contributed by atoms with E-state index in [4.69, 9.17) is 32.8 Å². The van der Waals surface area contributed by atoms with Crippen LogP contribution in [0.2, 0.25) is 5.02 Å². The van der Waals surface area contributed by atoms with Gasteiger partial charge in [0.05, 0.1) is 6.42 Å². The minimum Gasteiger partial charge on any atom is -0.435 e. The highest BCUT2D eigenvalue weighted by molar-refractivity contribution is 7.89. The Morgan fingerprint density at radius 3 is 2.69 bits per heavy atom. The first-order valence-corrected chi connectivity index (χ1v) is 12.0. The van der Waals surface area contributed by atoms with E-state index in [1.165, 1.54) is 6.07 Å². The highest BCUT2D eigenvalue weighted by atomic mass is 35.5. The molecule has 1 heterocycles. The van der Waals surface area contributed by atoms with Crippen LogP contribution in [0.15, 0.2) is 62.9 Å². The predicted octanol–water partition coefficient (Wildman–Crippen LogP) is 4.86. The monoisotopic (exact) mass is 491 g/mol. The maximum Gasteiger partial charge on any atom is 0.241 e. The largest absolute Gasteiger partial charge is 0.435 e. The Balaban J connectivity index is 1.72. The number of nitrogens with one attached hydrogen (secondary N) is 1. The summed E-state index contributed by atoms with van der Waals surface area (Å²) in [5.74, 6) is -0.0596. The number of anilines is 1. The number of oxazole rings is 1. The molecule has 4 rings (SSSR count). The maximum atomic E-state index is 12.5. The number of halogens is 2. The molecule has 7 nitrogen and oxygen atoms in total. The van der Waals surface area contributed by atoms with Crippen molar-refractivity contribution in [1.82, 2.24) is 4.98 Å². The molecular weight excluding hydrogens is 473 g/mol. The average Bonchev–Trinajstić information content (AvgIpc) is 3.11. The minimum absolute atomic E-state index is 0.0178. The van der Waals surface area contributed by atoms with Crippen molar-refractivity contribution in [3.63, 3.8) is 0 Å². The normalized spacial score (nSPS) is 16.6. The lowest BCUT2D eigenvalue weighted by atomic mass is 9.93. The number of hydrogen-bond acceptors (Lipinski definition) is 5. The number of aromatic nitrogens is 1. The second kappa shape index (κ2) is 8.71. The lowest BCUT2D eigenvalue weighted by Gasteiger charge is -2.15. The summed E-state index contributed by atoms with van der Waals surface area (Å²) in [5.41, 5.74) is 1.95. The van der Waals surface area contributed by atoms with Crippen LogP contribution in [0.25, 0.3) is 16.7 Å². The van der Waals surface area contributed by atoms with Crippen LogP contribution < -0.4 is 10.5 Å². The molecule has 0 aliphatic heterocycles. The highest BCUT2D eigenvalue weighted by Crippen LogP contribution is 2.36. The number of carbonyl (C=O) groups excluding carboxylic acids is 1. The molecule has 0 saturated carbocycles. The van der Waals surface area contributed by atoms with Gasteiger partial charge in [-0.15, -0.1) is 0 Å². The summed E-state index contributed by atoms with van der Waals surface area (Å²) in [6.07, 6.45) is 4.19. The van der Waals surface area contributed by atoms with E-state index in [1.54, 1.807) is 42.5 Å². The molecule has 0 radical (unpaired) electrons. The summed E-state index contributed by atoms with van der Waals surface area (Å²) in [6, 6.07) is 9.77. The average molecular weight is 492 g/mol. The standard InChI is InChI=1S/C22H19Cl2N3O4S/c1-12-8-14(23)6-7-16(12)22-27-18-10-15(11-19(21(18)31-22)32(25,29)30)26-20(28)9-13-4-2-3-5-17(13)24/h2-7,10-12H,8-9H2,1H3,(H,26,28)(H2,25,29,30). The van der Waals surface area contributed by atoms with E-state index in [0.717, 1.165) is 5.57 Å². The molecule has 1 atom stereocenters. The number of hydrogen-bond donors (Lipinski definition) is 2. The van der Waals surface area contributed by atoms with Crippen molar-refractivity contribution in [3.05, 3.63) is 70.1 Å². The second-order valence-electron chi connectivity index (χ2n) is 7.54. The molecule has 0 bridgehead atoms. The fraction of sp³-hybridized carbons (Fsp3) is 0.182. The summed E-state index contributed by atoms with van der Waals surface area (Å²) < 4.78 is 30.3. The molecule has 166 valence electrons. The molecule has 0 saturated heterocycles. The highest BCUT2D eigenvalue weighted by Gasteiger charge is 2.24. The Bertz CT molecular complexity index is 1390. The molecule has 1 unspecified atom stereocenters. The molecule has 32 heavy (non-hydrogen) atoms. The van der Waals surface area contributed by atoms with Crippen LogP contribution in [-0.2, 0) is 21.2 Å². The van der Waals surface area contributed by atoms with Gasteiger partial charge in [0, 0.05) is 21.3 Å². The molecule has 3 aromatic rings. The molecule has 10 heteroatoms. The number of sulfonamides is 1. The zero-order valence-electron chi connectivity index (χ0n) is 16.9. The van der Waals surface area contributed by atoms with Gasteiger partial charge in [-0.2, -0.15) is 0 Å². The minimum atomic E-state index is -4.15. The van der Waals surface area contributed by atoms with Crippen LogP contribution in [0.5, 0.6) is 0 Å². The van der Waals surface area contributed by atoms with Crippen LogP contribution in [0.4, 0.5) is 5.69 Å². The summed E-state index contributed by atoms with van der Waals surface area (Å²) in [7, 11) is -4.15. The van der Waals surface area contributed by atoms with E-state index in [9.17, 15) is 13.2 Å². The number of nitrogens with two attached hydrogens (primary N) is 1. The van der Waals surface area contributed by atoms with Crippen LogP contribution in [0, 0.1) is 5.92 Å². The topological polar surface area (TPSA) is 115 Å². The van der Waals surface area contributed by atoms with Gasteiger partial charge in [0.2, 0.25) is 21.8 Å². The van der Waals surface area contributed by atoms with Gasteiger partial charge < -0.3 is 9.73 Å². The Labute approximate surface area is 195 Å². The predicted molar refractivity (Wildman–Crippen MR) is 125 cm³/mol. The molecule has 1 aliphatic rings. The number of benzene rings is 2. The van der Waals surface area contributed by atoms with Gasteiger partial charge in [0.25, 0.3) is 0 Å². The Morgan fingerprint density at radius 2 is 2.00 bits per heavy atom. The number of fused-ring (bicyclic) bond motifs is 1. The van der Waals surface area contributed by atoms with Crippen molar-refractivity contribution < 1.29 is 17.6 Å². The summed E-state index contributed by atoms with van der Waals surface area (Å²) >= 11 is 12.2. The summed E-state index contributed by atoms with van der Waals surface area (Å²) in [5, 5.41) is 9.28. The van der Waals surface area contributed by atoms with E-state index >= 15 is 0 Å². The Hall–Kier alpha value is -2.65. The second-order valence-corrected chi connectivity index (χ2v) is 9.97. The van der Waals surface area contributed by atoms with E-state index < -0.39 is 10.0 Å². The lowest BCUT2D eigenvalue weighted by Crippen LogP contribution is -2.16. The van der Waals surface area contributed by atoms with Gasteiger partial charge in [-0.1, -0.05) is 54.4 Å². The maximum absolute atomic E-state index is 12.5. The smallest absolute Gasteiger partial charge is 0.241 e. The number of rotatable bonds is 5. The van der Waals surface area contributed by atoms with E-state index in [2.05, 4.69) is 10.3 Å². The van der Waals surface area contributed by atoms with Gasteiger partial charge in [0.15, 0.2) is 5.58 Å². The fourth-order valence-electron chi connectivity index (χ4n) is 3.53. The summed E-state index contributed by atoms with van der Waals surface area (Å²) in [4.78, 5) is 16.7. The Morgan fingerprint density at radius 1 is 1.25 bits per heavy atom. The zero-order chi connectivity index (χ0) is 23.0. The zero-order valence-corrected chi connectivity index (χ0v) is 19.3. The molecule has 3 N–H and O–H groups in total. The molecule has 0 fully saturated rings. The van der Waals surface area contributed by atoms with Crippen LogP contribution in [0.1, 0.15) is 24.8 Å². The SMILES string of the molecule is CC1CC(Cl)=CC=C1c1nc2cc(NC(=O)Cc3ccccc3Cl)cc(S(N)(=O)=O)c2o1. The quantitative estimate of drug-likeness (QED) is 0.528. The third kappa shape index (κ3) is 4.73. The van der Waals surface area contributed by atoms with E-state index in [1.807, 2.05) is 6.92 Å². The van der Waals surface area contributed by atoms with Crippen LogP contribution in [0.3, 0.4) is 0 Å². The molecule has 1 aliphatic carbocycles. The number of nitrogens with zero attached hydrogens (tertiary/aromatic N) is 1. The third-order valence-electron chi connectivity index (χ3n) is 5.08. The fourth-order valence-corrected chi connectivity index (χ4v) is 4.72. The van der Waals surface area contributed by atoms with E-state index in [-0.39, 0.29) is 45.8 Å². The van der Waals surface area contributed by atoms with Crippen molar-refractivity contribution >= 4 is 61.5 Å². The van der Waals surface area contributed by atoms with Crippen molar-refractivity contribution in [2.24, 2.45) is 11.1 Å². The first-order chi connectivity index (χ1) is 15.1. The molecular formula is C22H19Cl2N3O4S. The number of primary sulfonamides is 1. The van der Waals surface area contributed by atoms with Gasteiger partial charge in [-0.3, -0.25) is 4.79 Å². The molecule has 2 aromatic carbocycles. The first-order valence-electron chi connectivity index (χ1n) is 9.69. The first kappa shape index (κ1) is 22.5. The van der Waals surface area contributed by atoms with Crippen molar-refractivity contribution in [3.8, 4) is 0 Å². The molecule has 1 aromatic heterocycles. The van der Waals surface area contributed by atoms with Crippen molar-refractivity contribution in [2.75, 3.05) is 5.32 Å². The van der Waals surface area contributed by atoms with Crippen molar-refractivity contribution in [2.45, 2.75) is 24.7 Å². The molecule has 0 spiro atoms. The number of allylic oxidation sites excluding steroid dienone is 4. The van der Waals surface area contributed by atoms with Crippen LogP contribution >= 0.6 is 23.2 Å². The van der Waals surface area contributed by atoms with Gasteiger partial charge in [-0.05, 0) is 42.2 Å². The third-order valence-corrected chi connectivity index (χ3v) is 6.64. The molecule has 1 amide bonds. The van der Waals surface area contributed by atoms with Crippen LogP contribution in [-0.4, -0.2) is 19.3 Å². The lowest BCUT2D eigenvalue weighted by molar-refractivity contribution is -0.115. The van der Waals surface area contributed by atoms with E-state index in [0.29, 0.717) is 22.0 Å². The van der Waals surface area contributed by atoms with Gasteiger partial charge in [0.1, 0.15) is 10.4 Å². The number of amides is 1. The Kier molecular flexibility index (Phi) is 6.13. The summed E-state index contributed by atoms with van der Waals surface area (Å²) in [6.45, 7) is 1.97. The van der Waals surface area contributed by atoms with Gasteiger partial charge in [-0.25, -0.2) is 18.5 Å². The van der Waals surface area contributed by atoms with Crippen molar-refractivity contribution in [1.29, 1.82) is 0 Å².